The van der Waals surface area contributed by atoms with Gasteiger partial charge in [0.1, 0.15) is 16.9 Å². The van der Waals surface area contributed by atoms with E-state index in [0.717, 1.165) is 30.0 Å². The predicted molar refractivity (Wildman–Crippen MR) is 107 cm³/mol. The van der Waals surface area contributed by atoms with E-state index >= 15 is 0 Å². The molecule has 3 amide bonds. The van der Waals surface area contributed by atoms with Gasteiger partial charge in [-0.3, -0.25) is 15.0 Å². The Bertz CT molecular complexity index is 948. The lowest BCUT2D eigenvalue weighted by atomic mass is 10.1. The van der Waals surface area contributed by atoms with E-state index in [-0.39, 0.29) is 28.0 Å². The highest BCUT2D eigenvalue weighted by Gasteiger charge is 2.28. The average Bonchev–Trinajstić information content (AvgIpc) is 3.23. The second kappa shape index (κ2) is 8.34. The minimum absolute atomic E-state index is 0.00808. The van der Waals surface area contributed by atoms with Gasteiger partial charge in [-0.05, 0) is 32.4 Å². The summed E-state index contributed by atoms with van der Waals surface area (Å²) in [5.74, 6) is -2.55. The summed E-state index contributed by atoms with van der Waals surface area (Å²) in [6.45, 7) is 5.57. The zero-order chi connectivity index (χ0) is 21.3. The number of halogens is 2. The first kappa shape index (κ1) is 21.0. The fourth-order valence-electron chi connectivity index (χ4n) is 3.26. The summed E-state index contributed by atoms with van der Waals surface area (Å²) in [4.78, 5) is 25.4. The maximum Gasteiger partial charge on any atom is 0.317 e. The highest BCUT2D eigenvalue weighted by Crippen LogP contribution is 2.42. The van der Waals surface area contributed by atoms with Gasteiger partial charge in [0.15, 0.2) is 11.6 Å². The molecule has 0 saturated carbocycles. The third-order valence-corrected chi connectivity index (χ3v) is 5.78. The monoisotopic (exact) mass is 424 g/mol. The summed E-state index contributed by atoms with van der Waals surface area (Å²) in [5, 5.41) is 2.41. The van der Waals surface area contributed by atoms with Crippen molar-refractivity contribution in [2.45, 2.75) is 32.4 Å². The van der Waals surface area contributed by atoms with Gasteiger partial charge in [0.05, 0.1) is 5.56 Å². The van der Waals surface area contributed by atoms with Crippen LogP contribution in [-0.4, -0.2) is 42.1 Å². The maximum atomic E-state index is 14.6. The largest absolute Gasteiger partial charge is 0.485 e. The molecule has 5 N–H and O–H groups in total. The molecule has 1 aromatic heterocycles. The molecular weight excluding hydrogens is 402 g/mol. The third-order valence-electron chi connectivity index (χ3n) is 4.70. The fourth-order valence-corrected chi connectivity index (χ4v) is 4.34. The molecule has 0 radical (unpaired) electrons. The second-order valence-electron chi connectivity index (χ2n) is 7.09. The normalized spacial score (nSPS) is 16.9. The number of amides is 3. The van der Waals surface area contributed by atoms with Crippen molar-refractivity contribution >= 4 is 28.3 Å². The van der Waals surface area contributed by atoms with Crippen molar-refractivity contribution in [2.75, 3.05) is 18.4 Å². The van der Waals surface area contributed by atoms with Crippen LogP contribution in [0.5, 0.6) is 5.75 Å². The van der Waals surface area contributed by atoms with Crippen molar-refractivity contribution in [3.63, 3.8) is 0 Å². The van der Waals surface area contributed by atoms with Gasteiger partial charge >= 0.3 is 6.03 Å². The molecule has 1 saturated heterocycles. The molecule has 1 unspecified atom stereocenters. The van der Waals surface area contributed by atoms with E-state index in [1.165, 1.54) is 6.07 Å². The van der Waals surface area contributed by atoms with Crippen LogP contribution in [0.25, 0.3) is 10.4 Å². The molecule has 0 spiro atoms. The molecule has 156 valence electrons. The molecule has 3 rings (SSSR count). The number of carbonyl (C=O) groups excluding carboxylic acids is 2. The van der Waals surface area contributed by atoms with Crippen molar-refractivity contribution in [1.29, 1.82) is 0 Å². The zero-order valence-corrected chi connectivity index (χ0v) is 16.8. The molecule has 29 heavy (non-hydrogen) atoms. The standard InChI is InChI=1S/C19H22F2N4O3S/c1-9(2)25-4-3-11(8-25)28-16-12(5-10(20)6-14(16)21)15-7-13(17(22)26)18(29-15)24-19(23)27/h5-7,9,11H,3-4,8H2,1-2H3,(H2,22,26)(H3,23,24,27). The van der Waals surface area contributed by atoms with Gasteiger partial charge in [-0.1, -0.05) is 0 Å². The number of nitrogens with zero attached hydrogens (tertiary/aromatic N) is 1. The first-order valence-electron chi connectivity index (χ1n) is 9.06. The molecule has 1 fully saturated rings. The van der Waals surface area contributed by atoms with Gasteiger partial charge in [-0.15, -0.1) is 11.3 Å². The van der Waals surface area contributed by atoms with Crippen molar-refractivity contribution in [1.82, 2.24) is 4.90 Å². The smallest absolute Gasteiger partial charge is 0.317 e. The number of hydrogen-bond acceptors (Lipinski definition) is 5. The number of ether oxygens (including phenoxy) is 1. The van der Waals surface area contributed by atoms with E-state index in [1.54, 1.807) is 0 Å². The number of carbonyl (C=O) groups is 2. The summed E-state index contributed by atoms with van der Waals surface area (Å²) in [7, 11) is 0. The molecule has 7 nitrogen and oxygen atoms in total. The summed E-state index contributed by atoms with van der Waals surface area (Å²) in [6, 6.07) is 2.67. The number of urea groups is 1. The van der Waals surface area contributed by atoms with Gasteiger partial charge in [-0.2, -0.15) is 0 Å². The van der Waals surface area contributed by atoms with E-state index < -0.39 is 23.6 Å². The Morgan fingerprint density at radius 1 is 1.28 bits per heavy atom. The molecule has 2 heterocycles. The van der Waals surface area contributed by atoms with Crippen LogP contribution in [-0.2, 0) is 0 Å². The Kier molecular flexibility index (Phi) is 6.04. The Balaban J connectivity index is 1.99. The number of nitrogens with two attached hydrogens (primary N) is 2. The second-order valence-corrected chi connectivity index (χ2v) is 8.14. The molecule has 2 aromatic rings. The predicted octanol–water partition coefficient (Wildman–Crippen LogP) is 3.14. The van der Waals surface area contributed by atoms with Crippen LogP contribution >= 0.6 is 11.3 Å². The maximum absolute atomic E-state index is 14.6. The quantitative estimate of drug-likeness (QED) is 0.661. The average molecular weight is 424 g/mol. The number of likely N-dealkylation sites (tertiary alicyclic amines) is 1. The Hall–Kier alpha value is -2.72. The lowest BCUT2D eigenvalue weighted by molar-refractivity contribution is 0.100. The van der Waals surface area contributed by atoms with Gasteiger partial charge in [-0.25, -0.2) is 13.6 Å². The van der Waals surface area contributed by atoms with E-state index in [4.69, 9.17) is 16.2 Å². The number of hydrogen-bond donors (Lipinski definition) is 3. The number of benzene rings is 1. The van der Waals surface area contributed by atoms with Crippen LogP contribution in [0.4, 0.5) is 18.6 Å². The zero-order valence-electron chi connectivity index (χ0n) is 16.0. The van der Waals surface area contributed by atoms with Crippen molar-refractivity contribution < 1.29 is 23.1 Å². The Morgan fingerprint density at radius 3 is 2.59 bits per heavy atom. The summed E-state index contributed by atoms with van der Waals surface area (Å²) in [6.07, 6.45) is 0.454. The molecule has 1 atom stereocenters. The third kappa shape index (κ3) is 4.65. The lowest BCUT2D eigenvalue weighted by Crippen LogP contribution is -2.30. The molecule has 1 aliphatic rings. The Labute approximate surface area is 170 Å². The van der Waals surface area contributed by atoms with Gasteiger partial charge < -0.3 is 16.2 Å². The van der Waals surface area contributed by atoms with Gasteiger partial charge in [0, 0.05) is 35.6 Å². The summed E-state index contributed by atoms with van der Waals surface area (Å²) in [5.41, 5.74) is 10.6. The highest BCUT2D eigenvalue weighted by molar-refractivity contribution is 7.20. The van der Waals surface area contributed by atoms with Crippen molar-refractivity contribution in [3.8, 4) is 16.2 Å². The van der Waals surface area contributed by atoms with Gasteiger partial charge in [0.2, 0.25) is 0 Å². The van der Waals surface area contributed by atoms with Crippen molar-refractivity contribution in [2.24, 2.45) is 11.5 Å². The number of primary amides is 2. The van der Waals surface area contributed by atoms with Gasteiger partial charge in [0.25, 0.3) is 5.91 Å². The number of thiophene rings is 1. The molecule has 10 heteroatoms. The molecule has 1 aliphatic heterocycles. The van der Waals surface area contributed by atoms with Crippen LogP contribution in [0.2, 0.25) is 0 Å². The van der Waals surface area contributed by atoms with E-state index in [1.807, 2.05) is 0 Å². The number of rotatable bonds is 6. The molecular formula is C19H22F2N4O3S. The van der Waals surface area contributed by atoms with Crippen LogP contribution in [0.1, 0.15) is 30.6 Å². The number of anilines is 1. The minimum atomic E-state index is -0.887. The molecule has 0 aliphatic carbocycles. The van der Waals surface area contributed by atoms with Crippen molar-refractivity contribution in [3.05, 3.63) is 35.4 Å². The van der Waals surface area contributed by atoms with E-state index in [2.05, 4.69) is 24.1 Å². The summed E-state index contributed by atoms with van der Waals surface area (Å²) >= 11 is 0.928. The van der Waals surface area contributed by atoms with E-state index in [0.29, 0.717) is 23.9 Å². The Morgan fingerprint density at radius 2 is 2.00 bits per heavy atom. The fraction of sp³-hybridized carbons (Fsp3) is 0.368. The first-order chi connectivity index (χ1) is 13.7. The topological polar surface area (TPSA) is 111 Å². The molecule has 0 bridgehead atoms. The SMILES string of the molecule is CC(C)N1CCC(Oc2c(F)cc(F)cc2-c2cc(C(N)=O)c(NC(N)=O)s2)C1. The molecule has 1 aromatic carbocycles. The van der Waals surface area contributed by atoms with Crippen LogP contribution in [0.3, 0.4) is 0 Å². The number of nitrogens with one attached hydrogen (secondary N) is 1. The van der Waals surface area contributed by atoms with Crippen LogP contribution in [0.15, 0.2) is 18.2 Å². The van der Waals surface area contributed by atoms with E-state index in [9.17, 15) is 18.4 Å². The highest BCUT2D eigenvalue weighted by atomic mass is 32.1. The minimum Gasteiger partial charge on any atom is -0.485 e. The summed E-state index contributed by atoms with van der Waals surface area (Å²) < 4.78 is 34.5. The first-order valence-corrected chi connectivity index (χ1v) is 9.87. The van der Waals surface area contributed by atoms with Crippen LogP contribution in [0, 0.1) is 11.6 Å². The van der Waals surface area contributed by atoms with Crippen LogP contribution < -0.4 is 21.5 Å². The lowest BCUT2D eigenvalue weighted by Gasteiger charge is -2.21.